The summed E-state index contributed by atoms with van der Waals surface area (Å²) < 4.78 is 0. The number of hydrogen-bond donors (Lipinski definition) is 1. The SMILES string of the molecule is CNCC[C@@H](C)CN(C)C. The van der Waals surface area contributed by atoms with Crippen LogP contribution in [-0.2, 0) is 0 Å². The van der Waals surface area contributed by atoms with E-state index < -0.39 is 0 Å². The van der Waals surface area contributed by atoms with Crippen LogP contribution in [0.4, 0.5) is 0 Å². The minimum Gasteiger partial charge on any atom is -0.320 e. The van der Waals surface area contributed by atoms with E-state index in [0.29, 0.717) is 0 Å². The van der Waals surface area contributed by atoms with Crippen LogP contribution in [0.15, 0.2) is 0 Å². The lowest BCUT2D eigenvalue weighted by Gasteiger charge is -2.15. The summed E-state index contributed by atoms with van der Waals surface area (Å²) in [6.45, 7) is 4.62. The highest BCUT2D eigenvalue weighted by molar-refractivity contribution is 4.56. The molecule has 0 spiro atoms. The summed E-state index contributed by atoms with van der Waals surface area (Å²) in [5.41, 5.74) is 0. The fourth-order valence-electron chi connectivity index (χ4n) is 1.11. The van der Waals surface area contributed by atoms with Crippen LogP contribution < -0.4 is 5.32 Å². The molecule has 0 aromatic rings. The van der Waals surface area contributed by atoms with Crippen molar-refractivity contribution in [3.63, 3.8) is 0 Å². The molecule has 0 amide bonds. The van der Waals surface area contributed by atoms with Gasteiger partial charge in [-0.05, 0) is 40.0 Å². The molecule has 0 aliphatic carbocycles. The van der Waals surface area contributed by atoms with Gasteiger partial charge in [-0.1, -0.05) is 6.92 Å². The third-order valence-electron chi connectivity index (χ3n) is 1.56. The minimum absolute atomic E-state index is 0.808. The largest absolute Gasteiger partial charge is 0.320 e. The first-order chi connectivity index (χ1) is 4.66. The van der Waals surface area contributed by atoms with Crippen LogP contribution in [0.5, 0.6) is 0 Å². The zero-order valence-electron chi connectivity index (χ0n) is 7.65. The zero-order chi connectivity index (χ0) is 7.98. The van der Waals surface area contributed by atoms with Gasteiger partial charge in [0.1, 0.15) is 0 Å². The average Bonchev–Trinajstić information content (AvgIpc) is 1.82. The molecule has 0 saturated carbocycles. The second-order valence-electron chi connectivity index (χ2n) is 3.26. The molecule has 0 aromatic heterocycles. The van der Waals surface area contributed by atoms with E-state index in [2.05, 4.69) is 31.2 Å². The van der Waals surface area contributed by atoms with Crippen molar-refractivity contribution < 1.29 is 0 Å². The van der Waals surface area contributed by atoms with E-state index in [4.69, 9.17) is 0 Å². The second-order valence-corrected chi connectivity index (χ2v) is 3.26. The molecule has 10 heavy (non-hydrogen) atoms. The molecule has 0 unspecified atom stereocenters. The third-order valence-corrected chi connectivity index (χ3v) is 1.56. The Hall–Kier alpha value is -0.0800. The normalized spacial score (nSPS) is 14.1. The molecule has 0 rings (SSSR count). The molecule has 0 saturated heterocycles. The maximum Gasteiger partial charge on any atom is 0.000139 e. The van der Waals surface area contributed by atoms with Gasteiger partial charge in [0.2, 0.25) is 0 Å². The molecule has 0 aliphatic rings. The van der Waals surface area contributed by atoms with E-state index in [1.54, 1.807) is 0 Å². The molecule has 0 radical (unpaired) electrons. The van der Waals surface area contributed by atoms with Gasteiger partial charge in [-0.15, -0.1) is 0 Å². The Labute approximate surface area is 64.6 Å². The topological polar surface area (TPSA) is 15.3 Å². The summed E-state index contributed by atoms with van der Waals surface area (Å²) in [4.78, 5) is 2.24. The molecule has 0 aliphatic heterocycles. The standard InChI is InChI=1S/C8H20N2/c1-8(5-6-9-2)7-10(3)4/h8-9H,5-7H2,1-4H3/t8-/m1/s1. The highest BCUT2D eigenvalue weighted by atomic mass is 15.1. The van der Waals surface area contributed by atoms with Crippen LogP contribution in [0.1, 0.15) is 13.3 Å². The smallest absolute Gasteiger partial charge is 0.000139 e. The van der Waals surface area contributed by atoms with Gasteiger partial charge in [-0.2, -0.15) is 0 Å². The van der Waals surface area contributed by atoms with E-state index in [0.717, 1.165) is 12.5 Å². The maximum atomic E-state index is 3.15. The van der Waals surface area contributed by atoms with Crippen molar-refractivity contribution >= 4 is 0 Å². The van der Waals surface area contributed by atoms with E-state index in [9.17, 15) is 0 Å². The minimum atomic E-state index is 0.808. The van der Waals surface area contributed by atoms with Gasteiger partial charge in [0.15, 0.2) is 0 Å². The van der Waals surface area contributed by atoms with Crippen LogP contribution in [0.25, 0.3) is 0 Å². The predicted octanol–water partition coefficient (Wildman–Crippen LogP) is 0.794. The Balaban J connectivity index is 3.16. The van der Waals surface area contributed by atoms with Crippen LogP contribution >= 0.6 is 0 Å². The molecular weight excluding hydrogens is 124 g/mol. The summed E-state index contributed by atoms with van der Waals surface area (Å²) >= 11 is 0. The van der Waals surface area contributed by atoms with Crippen molar-refractivity contribution in [2.45, 2.75) is 13.3 Å². The van der Waals surface area contributed by atoms with Gasteiger partial charge in [0.05, 0.1) is 0 Å². The summed E-state index contributed by atoms with van der Waals surface area (Å²) in [7, 11) is 6.24. The van der Waals surface area contributed by atoms with Crippen LogP contribution in [-0.4, -0.2) is 39.1 Å². The number of hydrogen-bond acceptors (Lipinski definition) is 2. The number of nitrogens with zero attached hydrogens (tertiary/aromatic N) is 1. The maximum absolute atomic E-state index is 3.15. The highest BCUT2D eigenvalue weighted by Gasteiger charge is 2.01. The summed E-state index contributed by atoms with van der Waals surface area (Å²) in [6.07, 6.45) is 1.27. The Morgan fingerprint density at radius 1 is 1.40 bits per heavy atom. The van der Waals surface area contributed by atoms with E-state index >= 15 is 0 Å². The average molecular weight is 144 g/mol. The monoisotopic (exact) mass is 144 g/mol. The first-order valence-corrected chi connectivity index (χ1v) is 3.96. The van der Waals surface area contributed by atoms with Crippen molar-refractivity contribution in [1.82, 2.24) is 10.2 Å². The van der Waals surface area contributed by atoms with Gasteiger partial charge in [0, 0.05) is 6.54 Å². The quantitative estimate of drug-likeness (QED) is 0.614. The van der Waals surface area contributed by atoms with Crippen molar-refractivity contribution in [2.75, 3.05) is 34.2 Å². The molecule has 2 nitrogen and oxygen atoms in total. The summed E-state index contributed by atoms with van der Waals surface area (Å²) in [5, 5.41) is 3.15. The number of rotatable bonds is 5. The van der Waals surface area contributed by atoms with Gasteiger partial charge < -0.3 is 10.2 Å². The summed E-state index contributed by atoms with van der Waals surface area (Å²) in [5.74, 6) is 0.808. The Kier molecular flexibility index (Phi) is 5.64. The van der Waals surface area contributed by atoms with E-state index in [-0.39, 0.29) is 0 Å². The fourth-order valence-corrected chi connectivity index (χ4v) is 1.11. The Morgan fingerprint density at radius 3 is 2.40 bits per heavy atom. The van der Waals surface area contributed by atoms with Crippen molar-refractivity contribution in [3.05, 3.63) is 0 Å². The van der Waals surface area contributed by atoms with Crippen molar-refractivity contribution in [1.29, 1.82) is 0 Å². The molecular formula is C8H20N2. The van der Waals surface area contributed by atoms with E-state index in [1.165, 1.54) is 13.0 Å². The van der Waals surface area contributed by atoms with Gasteiger partial charge in [-0.3, -0.25) is 0 Å². The number of nitrogens with one attached hydrogen (secondary N) is 1. The van der Waals surface area contributed by atoms with E-state index in [1.807, 2.05) is 7.05 Å². The Bertz CT molecular complexity index is 71.7. The molecule has 1 N–H and O–H groups in total. The Morgan fingerprint density at radius 2 is 2.00 bits per heavy atom. The highest BCUT2D eigenvalue weighted by Crippen LogP contribution is 2.00. The lowest BCUT2D eigenvalue weighted by atomic mass is 10.1. The lowest BCUT2D eigenvalue weighted by molar-refractivity contribution is 0.327. The molecule has 0 aromatic carbocycles. The molecule has 0 fully saturated rings. The van der Waals surface area contributed by atoms with Crippen LogP contribution in [0.2, 0.25) is 0 Å². The van der Waals surface area contributed by atoms with Crippen LogP contribution in [0, 0.1) is 5.92 Å². The van der Waals surface area contributed by atoms with Crippen molar-refractivity contribution in [2.24, 2.45) is 5.92 Å². The van der Waals surface area contributed by atoms with Gasteiger partial charge in [-0.25, -0.2) is 0 Å². The molecule has 1 atom stereocenters. The predicted molar refractivity (Wildman–Crippen MR) is 46.3 cm³/mol. The molecule has 2 heteroatoms. The first kappa shape index (κ1) is 9.92. The third kappa shape index (κ3) is 6.05. The van der Waals surface area contributed by atoms with Crippen LogP contribution in [0.3, 0.4) is 0 Å². The fraction of sp³-hybridized carbons (Fsp3) is 1.00. The molecule has 0 bridgehead atoms. The van der Waals surface area contributed by atoms with Gasteiger partial charge >= 0.3 is 0 Å². The van der Waals surface area contributed by atoms with Crippen molar-refractivity contribution in [3.8, 4) is 0 Å². The first-order valence-electron chi connectivity index (χ1n) is 3.96. The van der Waals surface area contributed by atoms with Gasteiger partial charge in [0.25, 0.3) is 0 Å². The second kappa shape index (κ2) is 5.69. The molecule has 0 heterocycles. The summed E-state index contributed by atoms with van der Waals surface area (Å²) in [6, 6.07) is 0. The zero-order valence-corrected chi connectivity index (χ0v) is 7.65. The molecule has 62 valence electrons. The lowest BCUT2D eigenvalue weighted by Crippen LogP contribution is -2.22.